The molecule has 2 heterocycles. The molecule has 7 nitrogen and oxygen atoms in total. The van der Waals surface area contributed by atoms with Crippen LogP contribution in [0.15, 0.2) is 11.4 Å². The minimum atomic E-state index is -4.67. The molecule has 0 saturated carbocycles. The Morgan fingerprint density at radius 3 is 2.63 bits per heavy atom. The van der Waals surface area contributed by atoms with Gasteiger partial charge in [0.2, 0.25) is 0 Å². The van der Waals surface area contributed by atoms with Crippen LogP contribution in [0, 0.1) is 5.92 Å². The van der Waals surface area contributed by atoms with Gasteiger partial charge in [0, 0.05) is 32.8 Å². The van der Waals surface area contributed by atoms with Crippen LogP contribution < -0.4 is 5.32 Å². The first-order valence-corrected chi connectivity index (χ1v) is 9.71. The van der Waals surface area contributed by atoms with Crippen molar-refractivity contribution in [2.45, 2.75) is 44.6 Å². The second kappa shape index (κ2) is 8.77. The quantitative estimate of drug-likeness (QED) is 0.541. The van der Waals surface area contributed by atoms with E-state index < -0.39 is 23.3 Å². The highest BCUT2D eigenvalue weighted by atomic mass is 32.2. The van der Waals surface area contributed by atoms with Gasteiger partial charge in [-0.25, -0.2) is 0 Å². The standard InChI is InChI=1S/C16H23F3N6OS/c1-10(2)8-25-12(21-22-15(25)27-4)6-5-7-20-14(26)11-9-24(3)23-13(11)16(17,18)19/h9-10H,5-8H2,1-4H3,(H,20,26). The minimum absolute atomic E-state index is 0.230. The number of aromatic nitrogens is 5. The van der Waals surface area contributed by atoms with Crippen LogP contribution in [-0.2, 0) is 26.2 Å². The average Bonchev–Trinajstić information content (AvgIpc) is 3.14. The van der Waals surface area contributed by atoms with Gasteiger partial charge in [-0.2, -0.15) is 18.3 Å². The Balaban J connectivity index is 1.95. The van der Waals surface area contributed by atoms with E-state index >= 15 is 0 Å². The van der Waals surface area contributed by atoms with E-state index in [4.69, 9.17) is 0 Å². The molecule has 0 aliphatic heterocycles. The van der Waals surface area contributed by atoms with Gasteiger partial charge in [0.15, 0.2) is 10.9 Å². The summed E-state index contributed by atoms with van der Waals surface area (Å²) < 4.78 is 41.8. The molecule has 2 rings (SSSR count). The second-order valence-electron chi connectivity index (χ2n) is 6.53. The van der Waals surface area contributed by atoms with Crippen molar-refractivity contribution in [3.05, 3.63) is 23.3 Å². The van der Waals surface area contributed by atoms with Crippen molar-refractivity contribution in [1.29, 1.82) is 0 Å². The van der Waals surface area contributed by atoms with E-state index in [1.807, 2.05) is 10.8 Å². The monoisotopic (exact) mass is 404 g/mol. The Morgan fingerprint density at radius 2 is 2.04 bits per heavy atom. The molecule has 0 bridgehead atoms. The number of halogens is 3. The first-order chi connectivity index (χ1) is 12.6. The minimum Gasteiger partial charge on any atom is -0.352 e. The molecule has 0 atom stereocenters. The van der Waals surface area contributed by atoms with Crippen molar-refractivity contribution in [3.63, 3.8) is 0 Å². The largest absolute Gasteiger partial charge is 0.435 e. The summed E-state index contributed by atoms with van der Waals surface area (Å²) in [4.78, 5) is 12.1. The lowest BCUT2D eigenvalue weighted by Crippen LogP contribution is -2.27. The van der Waals surface area contributed by atoms with Gasteiger partial charge in [-0.1, -0.05) is 25.6 Å². The fraction of sp³-hybridized carbons (Fsp3) is 0.625. The summed E-state index contributed by atoms with van der Waals surface area (Å²) in [6, 6.07) is 0. The van der Waals surface area contributed by atoms with E-state index in [0.29, 0.717) is 18.8 Å². The molecule has 2 aromatic heterocycles. The topological polar surface area (TPSA) is 77.6 Å². The van der Waals surface area contributed by atoms with E-state index in [0.717, 1.165) is 28.4 Å². The van der Waals surface area contributed by atoms with Gasteiger partial charge in [-0.15, -0.1) is 10.2 Å². The Bertz CT molecular complexity index is 784. The maximum atomic E-state index is 12.9. The highest BCUT2D eigenvalue weighted by molar-refractivity contribution is 7.98. The highest BCUT2D eigenvalue weighted by Crippen LogP contribution is 2.30. The number of nitrogens with one attached hydrogen (secondary N) is 1. The number of rotatable bonds is 8. The predicted molar refractivity (Wildman–Crippen MR) is 95.5 cm³/mol. The molecular weight excluding hydrogens is 381 g/mol. The first kappa shape index (κ1) is 21.3. The normalized spacial score (nSPS) is 12.0. The summed E-state index contributed by atoms with van der Waals surface area (Å²) in [5, 5.41) is 15.0. The molecule has 11 heteroatoms. The van der Waals surface area contributed by atoms with Gasteiger partial charge in [-0.3, -0.25) is 9.48 Å². The van der Waals surface area contributed by atoms with Crippen molar-refractivity contribution < 1.29 is 18.0 Å². The lowest BCUT2D eigenvalue weighted by molar-refractivity contribution is -0.141. The van der Waals surface area contributed by atoms with Gasteiger partial charge < -0.3 is 9.88 Å². The van der Waals surface area contributed by atoms with Gasteiger partial charge in [-0.05, 0) is 18.6 Å². The molecule has 1 amide bonds. The number of hydrogen-bond donors (Lipinski definition) is 1. The summed E-state index contributed by atoms with van der Waals surface area (Å²) >= 11 is 1.51. The molecule has 0 aliphatic rings. The molecule has 1 N–H and O–H groups in total. The van der Waals surface area contributed by atoms with Crippen LogP contribution in [0.4, 0.5) is 13.2 Å². The van der Waals surface area contributed by atoms with Crippen LogP contribution in [0.25, 0.3) is 0 Å². The lowest BCUT2D eigenvalue weighted by atomic mass is 10.2. The molecule has 27 heavy (non-hydrogen) atoms. The lowest BCUT2D eigenvalue weighted by Gasteiger charge is -2.12. The first-order valence-electron chi connectivity index (χ1n) is 8.48. The van der Waals surface area contributed by atoms with E-state index in [1.54, 1.807) is 0 Å². The summed E-state index contributed by atoms with van der Waals surface area (Å²) in [6.07, 6.45) is -0.563. The van der Waals surface area contributed by atoms with Crippen LogP contribution in [0.1, 0.15) is 42.1 Å². The van der Waals surface area contributed by atoms with Crippen molar-refractivity contribution >= 4 is 17.7 Å². The van der Waals surface area contributed by atoms with Gasteiger partial charge >= 0.3 is 6.18 Å². The Kier molecular flexibility index (Phi) is 6.90. The van der Waals surface area contributed by atoms with Gasteiger partial charge in [0.25, 0.3) is 5.91 Å². The molecule has 0 spiro atoms. The average molecular weight is 404 g/mol. The number of aryl methyl sites for hydroxylation is 2. The molecule has 0 aliphatic carbocycles. The van der Waals surface area contributed by atoms with Crippen LogP contribution in [0.5, 0.6) is 0 Å². The summed E-state index contributed by atoms with van der Waals surface area (Å²) in [7, 11) is 1.34. The zero-order valence-electron chi connectivity index (χ0n) is 15.7. The summed E-state index contributed by atoms with van der Waals surface area (Å²) in [5.74, 6) is 0.445. The number of carbonyl (C=O) groups is 1. The highest BCUT2D eigenvalue weighted by Gasteiger charge is 2.38. The molecular formula is C16H23F3N6OS. The molecule has 0 aromatic carbocycles. The number of thioether (sulfide) groups is 1. The van der Waals surface area contributed by atoms with Crippen molar-refractivity contribution in [1.82, 2.24) is 29.9 Å². The predicted octanol–water partition coefficient (Wildman–Crippen LogP) is 2.77. The maximum Gasteiger partial charge on any atom is 0.435 e. The number of nitrogens with zero attached hydrogens (tertiary/aromatic N) is 5. The van der Waals surface area contributed by atoms with E-state index in [1.165, 1.54) is 18.8 Å². The fourth-order valence-electron chi connectivity index (χ4n) is 2.61. The molecule has 0 radical (unpaired) electrons. The summed E-state index contributed by atoms with van der Waals surface area (Å²) in [5.41, 5.74) is -1.65. The van der Waals surface area contributed by atoms with Crippen molar-refractivity contribution in [2.75, 3.05) is 12.8 Å². The number of amides is 1. The Morgan fingerprint density at radius 1 is 1.33 bits per heavy atom. The molecule has 150 valence electrons. The van der Waals surface area contributed by atoms with E-state index in [2.05, 4.69) is 34.5 Å². The zero-order chi connectivity index (χ0) is 20.2. The van der Waals surface area contributed by atoms with Crippen LogP contribution in [0.2, 0.25) is 0 Å². The number of hydrogen-bond acceptors (Lipinski definition) is 5. The van der Waals surface area contributed by atoms with Crippen molar-refractivity contribution in [3.8, 4) is 0 Å². The molecule has 0 saturated heterocycles. The zero-order valence-corrected chi connectivity index (χ0v) is 16.5. The third-order valence-corrected chi connectivity index (χ3v) is 4.40. The van der Waals surface area contributed by atoms with Crippen LogP contribution >= 0.6 is 11.8 Å². The number of carbonyl (C=O) groups excluding carboxylic acids is 1. The third kappa shape index (κ3) is 5.47. The van der Waals surface area contributed by atoms with Gasteiger partial charge in [0.1, 0.15) is 5.82 Å². The Hall–Kier alpha value is -2.04. The van der Waals surface area contributed by atoms with Crippen LogP contribution in [0.3, 0.4) is 0 Å². The van der Waals surface area contributed by atoms with E-state index in [-0.39, 0.29) is 6.54 Å². The second-order valence-corrected chi connectivity index (χ2v) is 7.30. The van der Waals surface area contributed by atoms with Crippen LogP contribution in [-0.4, -0.2) is 43.3 Å². The van der Waals surface area contributed by atoms with Gasteiger partial charge in [0.05, 0.1) is 5.56 Å². The third-order valence-electron chi connectivity index (χ3n) is 3.73. The Labute approximate surface area is 159 Å². The summed E-state index contributed by atoms with van der Waals surface area (Å²) in [6.45, 7) is 5.21. The molecule has 0 fully saturated rings. The molecule has 2 aromatic rings. The SMILES string of the molecule is CSc1nnc(CCCNC(=O)c2cn(C)nc2C(F)(F)F)n1CC(C)C. The smallest absolute Gasteiger partial charge is 0.352 e. The fourth-order valence-corrected chi connectivity index (χ4v) is 3.13. The van der Waals surface area contributed by atoms with E-state index in [9.17, 15) is 18.0 Å². The maximum absolute atomic E-state index is 12.9. The van der Waals surface area contributed by atoms with Crippen molar-refractivity contribution in [2.24, 2.45) is 13.0 Å². The molecule has 0 unspecified atom stereocenters. The number of alkyl halides is 3.